The van der Waals surface area contributed by atoms with Crippen LogP contribution in [0.5, 0.6) is 0 Å². The summed E-state index contributed by atoms with van der Waals surface area (Å²) < 4.78 is 36.2. The van der Waals surface area contributed by atoms with E-state index in [1.165, 1.54) is 18.7 Å². The van der Waals surface area contributed by atoms with Crippen molar-refractivity contribution in [1.29, 1.82) is 0 Å². The Bertz CT molecular complexity index is 196. The molecule has 0 aromatic heterocycles. The lowest BCUT2D eigenvalue weighted by Crippen LogP contribution is -2.26. The maximum absolute atomic E-state index is 12.1. The molecule has 0 saturated heterocycles. The normalized spacial score (nSPS) is 25.7. The number of allylic oxidation sites excluding steroid dienone is 2. The van der Waals surface area contributed by atoms with Gasteiger partial charge in [0.05, 0.1) is 5.37 Å². The molecule has 1 nitrogen and oxygen atoms in total. The van der Waals surface area contributed by atoms with Gasteiger partial charge in [-0.05, 0) is 13.8 Å². The topological polar surface area (TPSA) is 12.0 Å². The molecule has 0 radical (unpaired) electrons. The second-order valence-electron chi connectivity index (χ2n) is 2.33. The van der Waals surface area contributed by atoms with Crippen molar-refractivity contribution < 1.29 is 13.2 Å². The Morgan fingerprint density at radius 1 is 1.45 bits per heavy atom. The molecule has 1 heterocycles. The second kappa shape index (κ2) is 2.62. The van der Waals surface area contributed by atoms with E-state index in [4.69, 9.17) is 0 Å². The molecule has 0 fully saturated rings. The van der Waals surface area contributed by atoms with Crippen LogP contribution in [0, 0.1) is 0 Å². The largest absolute Gasteiger partial charge is 0.431 e. The summed E-state index contributed by atoms with van der Waals surface area (Å²) in [5.74, 6) is 0. The first-order chi connectivity index (χ1) is 4.91. The van der Waals surface area contributed by atoms with Crippen molar-refractivity contribution in [2.24, 2.45) is 0 Å². The molecule has 1 aliphatic rings. The van der Waals surface area contributed by atoms with Gasteiger partial charge in [0.15, 0.2) is 0 Å². The maximum atomic E-state index is 12.1. The minimum absolute atomic E-state index is 0.161. The van der Waals surface area contributed by atoms with Gasteiger partial charge in [0, 0.05) is 4.91 Å². The van der Waals surface area contributed by atoms with Crippen LogP contribution in [0.4, 0.5) is 13.2 Å². The van der Waals surface area contributed by atoms with E-state index in [9.17, 15) is 13.2 Å². The SMILES string of the molecule is CC1=C(C(F)(F)F)NC(C)S1. The van der Waals surface area contributed by atoms with E-state index >= 15 is 0 Å². The zero-order valence-electron chi connectivity index (χ0n) is 6.12. The fraction of sp³-hybridized carbons (Fsp3) is 0.667. The van der Waals surface area contributed by atoms with E-state index in [2.05, 4.69) is 5.32 Å². The van der Waals surface area contributed by atoms with Crippen LogP contribution in [-0.4, -0.2) is 11.6 Å². The summed E-state index contributed by atoms with van der Waals surface area (Å²) in [4.78, 5) is 0.324. The highest BCUT2D eigenvalue weighted by Gasteiger charge is 2.39. The van der Waals surface area contributed by atoms with Crippen molar-refractivity contribution >= 4 is 11.8 Å². The van der Waals surface area contributed by atoms with E-state index in [0.29, 0.717) is 4.91 Å². The Hall–Kier alpha value is -0.320. The molecule has 1 rings (SSSR count). The highest BCUT2D eigenvalue weighted by atomic mass is 32.2. The van der Waals surface area contributed by atoms with Crippen LogP contribution in [0.25, 0.3) is 0 Å². The molecule has 5 heteroatoms. The van der Waals surface area contributed by atoms with Crippen molar-refractivity contribution in [3.8, 4) is 0 Å². The summed E-state index contributed by atoms with van der Waals surface area (Å²) in [6.07, 6.45) is -4.22. The first-order valence-corrected chi connectivity index (χ1v) is 4.00. The minimum Gasteiger partial charge on any atom is -0.369 e. The number of thioether (sulfide) groups is 1. The van der Waals surface area contributed by atoms with Crippen molar-refractivity contribution in [2.45, 2.75) is 25.4 Å². The van der Waals surface area contributed by atoms with Crippen molar-refractivity contribution in [3.05, 3.63) is 10.6 Å². The van der Waals surface area contributed by atoms with Gasteiger partial charge in [0.2, 0.25) is 0 Å². The monoisotopic (exact) mass is 183 g/mol. The molecular formula is C6H8F3NS. The van der Waals surface area contributed by atoms with Crippen LogP contribution in [0.3, 0.4) is 0 Å². The van der Waals surface area contributed by atoms with Gasteiger partial charge in [-0.3, -0.25) is 0 Å². The molecular weight excluding hydrogens is 175 g/mol. The highest BCUT2D eigenvalue weighted by molar-refractivity contribution is 8.03. The number of nitrogens with one attached hydrogen (secondary N) is 1. The molecule has 1 atom stereocenters. The van der Waals surface area contributed by atoms with Crippen LogP contribution in [0.2, 0.25) is 0 Å². The number of halogens is 3. The maximum Gasteiger partial charge on any atom is 0.431 e. The van der Waals surface area contributed by atoms with Crippen LogP contribution >= 0.6 is 11.8 Å². The Labute approximate surface area is 67.0 Å². The fourth-order valence-corrected chi connectivity index (χ4v) is 1.94. The Balaban J connectivity index is 2.80. The number of hydrogen-bond acceptors (Lipinski definition) is 2. The molecule has 0 amide bonds. The van der Waals surface area contributed by atoms with Gasteiger partial charge < -0.3 is 5.32 Å². The van der Waals surface area contributed by atoms with E-state index in [1.54, 1.807) is 6.92 Å². The minimum atomic E-state index is -4.22. The molecule has 0 spiro atoms. The van der Waals surface area contributed by atoms with Gasteiger partial charge in [0.1, 0.15) is 5.70 Å². The lowest BCUT2D eigenvalue weighted by atomic mass is 10.4. The number of hydrogen-bond donors (Lipinski definition) is 1. The summed E-state index contributed by atoms with van der Waals surface area (Å²) in [6, 6.07) is 0. The van der Waals surface area contributed by atoms with Gasteiger partial charge in [0.25, 0.3) is 0 Å². The van der Waals surface area contributed by atoms with E-state index < -0.39 is 11.9 Å². The molecule has 0 aromatic rings. The first kappa shape index (κ1) is 8.77. The summed E-state index contributed by atoms with van der Waals surface area (Å²) in [6.45, 7) is 3.18. The first-order valence-electron chi connectivity index (χ1n) is 3.12. The quantitative estimate of drug-likeness (QED) is 0.619. The van der Waals surface area contributed by atoms with Gasteiger partial charge in [-0.25, -0.2) is 0 Å². The molecule has 0 bridgehead atoms. The summed E-state index contributed by atoms with van der Waals surface area (Å²) >= 11 is 1.20. The van der Waals surface area contributed by atoms with Crippen LogP contribution < -0.4 is 5.32 Å². The van der Waals surface area contributed by atoms with Gasteiger partial charge in [-0.15, -0.1) is 11.8 Å². The third-order valence-corrected chi connectivity index (χ3v) is 2.37. The number of rotatable bonds is 0. The van der Waals surface area contributed by atoms with Crippen molar-refractivity contribution in [2.75, 3.05) is 0 Å². The predicted molar refractivity (Wildman–Crippen MR) is 38.9 cm³/mol. The Morgan fingerprint density at radius 3 is 2.18 bits per heavy atom. The zero-order chi connectivity index (χ0) is 8.65. The smallest absolute Gasteiger partial charge is 0.369 e. The lowest BCUT2D eigenvalue weighted by Gasteiger charge is -2.10. The van der Waals surface area contributed by atoms with Crippen LogP contribution in [0.1, 0.15) is 13.8 Å². The number of alkyl halides is 3. The third-order valence-electron chi connectivity index (χ3n) is 1.34. The Morgan fingerprint density at radius 2 is 2.00 bits per heavy atom. The molecule has 64 valence electrons. The molecule has 1 unspecified atom stereocenters. The second-order valence-corrected chi connectivity index (χ2v) is 3.89. The zero-order valence-corrected chi connectivity index (χ0v) is 6.94. The van der Waals surface area contributed by atoms with Crippen molar-refractivity contribution in [3.63, 3.8) is 0 Å². The Kier molecular flexibility index (Phi) is 2.09. The van der Waals surface area contributed by atoms with E-state index in [1.807, 2.05) is 0 Å². The molecule has 0 saturated carbocycles. The highest BCUT2D eigenvalue weighted by Crippen LogP contribution is 2.37. The summed E-state index contributed by atoms with van der Waals surface area (Å²) in [5, 5.41) is 2.20. The molecule has 0 aromatic carbocycles. The average Bonchev–Trinajstić information content (AvgIpc) is 2.08. The molecule has 0 aliphatic carbocycles. The van der Waals surface area contributed by atoms with E-state index in [0.717, 1.165) is 0 Å². The lowest BCUT2D eigenvalue weighted by molar-refractivity contribution is -0.0967. The van der Waals surface area contributed by atoms with Crippen LogP contribution in [-0.2, 0) is 0 Å². The summed E-state index contributed by atoms with van der Waals surface area (Å²) in [5.41, 5.74) is -0.588. The molecule has 1 N–H and O–H groups in total. The molecule has 1 aliphatic heterocycles. The van der Waals surface area contributed by atoms with Crippen LogP contribution in [0.15, 0.2) is 10.6 Å². The van der Waals surface area contributed by atoms with E-state index in [-0.39, 0.29) is 5.37 Å². The van der Waals surface area contributed by atoms with Gasteiger partial charge >= 0.3 is 6.18 Å². The average molecular weight is 183 g/mol. The fourth-order valence-electron chi connectivity index (χ4n) is 0.940. The van der Waals surface area contributed by atoms with Gasteiger partial charge in [-0.2, -0.15) is 13.2 Å². The summed E-state index contributed by atoms with van der Waals surface area (Å²) in [7, 11) is 0. The molecule has 11 heavy (non-hydrogen) atoms. The standard InChI is InChI=1S/C6H8F3NS/c1-3-5(6(7,8)9)10-4(2)11-3/h4,10H,1-2H3. The predicted octanol–water partition coefficient (Wildman–Crippen LogP) is 2.46. The third kappa shape index (κ3) is 1.83. The van der Waals surface area contributed by atoms with Gasteiger partial charge in [-0.1, -0.05) is 0 Å². The van der Waals surface area contributed by atoms with Crippen molar-refractivity contribution in [1.82, 2.24) is 5.32 Å².